The van der Waals surface area contributed by atoms with Gasteiger partial charge < -0.3 is 5.32 Å². The quantitative estimate of drug-likeness (QED) is 0.625. The van der Waals surface area contributed by atoms with Crippen molar-refractivity contribution >= 4 is 44.2 Å². The van der Waals surface area contributed by atoms with Crippen LogP contribution in [0, 0.1) is 13.8 Å². The van der Waals surface area contributed by atoms with E-state index in [0.717, 1.165) is 27.2 Å². The van der Waals surface area contributed by atoms with Gasteiger partial charge >= 0.3 is 0 Å². The highest BCUT2D eigenvalue weighted by Gasteiger charge is 2.31. The number of hydrogen-bond acceptors (Lipinski definition) is 6. The number of pyridine rings is 1. The van der Waals surface area contributed by atoms with E-state index in [2.05, 4.69) is 15.4 Å². The van der Waals surface area contributed by atoms with Gasteiger partial charge in [0.05, 0.1) is 39.5 Å². The Kier molecular flexibility index (Phi) is 5.35. The number of nitrogens with one attached hydrogen (secondary N) is 1. The highest BCUT2D eigenvalue weighted by Crippen LogP contribution is 2.28. The highest BCUT2D eigenvalue weighted by atomic mass is 32.2. The van der Waals surface area contributed by atoms with Crippen molar-refractivity contribution in [2.75, 3.05) is 22.6 Å². The van der Waals surface area contributed by atoms with Crippen LogP contribution in [-0.2, 0) is 14.6 Å². The Morgan fingerprint density at radius 1 is 1.28 bits per heavy atom. The van der Waals surface area contributed by atoms with Gasteiger partial charge in [0.25, 0.3) is 0 Å². The molecule has 3 heterocycles. The molecule has 0 unspecified atom stereocenters. The zero-order valence-electron chi connectivity index (χ0n) is 16.3. The van der Waals surface area contributed by atoms with Crippen LogP contribution in [0.5, 0.6) is 0 Å². The summed E-state index contributed by atoms with van der Waals surface area (Å²) < 4.78 is 25.2. The van der Waals surface area contributed by atoms with Crippen LogP contribution in [-0.4, -0.2) is 46.3 Å². The van der Waals surface area contributed by atoms with Crippen LogP contribution in [0.15, 0.2) is 41.4 Å². The minimum Gasteiger partial charge on any atom is -0.310 e. The lowest BCUT2D eigenvalue weighted by atomic mass is 10.1. The first kappa shape index (κ1) is 19.9. The zero-order chi connectivity index (χ0) is 20.6. The van der Waals surface area contributed by atoms with Crippen molar-refractivity contribution < 1.29 is 13.2 Å². The fourth-order valence-electron chi connectivity index (χ4n) is 3.57. The molecule has 1 aliphatic heterocycles. The molecule has 29 heavy (non-hydrogen) atoms. The topological polar surface area (TPSA) is 94.0 Å². The van der Waals surface area contributed by atoms with Crippen molar-refractivity contribution in [2.24, 2.45) is 0 Å². The molecular weight excluding hydrogens is 408 g/mol. The maximum Gasteiger partial charge on any atom is 0.235 e. The minimum absolute atomic E-state index is 0.0615. The molecule has 3 aromatic rings. The van der Waals surface area contributed by atoms with E-state index in [1.54, 1.807) is 10.7 Å². The lowest BCUT2D eigenvalue weighted by Gasteiger charge is -2.13. The first-order chi connectivity index (χ1) is 13.8. The van der Waals surface area contributed by atoms with Crippen molar-refractivity contribution in [3.63, 3.8) is 0 Å². The van der Waals surface area contributed by atoms with Gasteiger partial charge in [0, 0.05) is 11.5 Å². The second kappa shape index (κ2) is 7.79. The van der Waals surface area contributed by atoms with Crippen LogP contribution in [0.4, 0.5) is 5.82 Å². The van der Waals surface area contributed by atoms with Crippen LogP contribution in [0.1, 0.15) is 23.7 Å². The second-order valence-electron chi connectivity index (χ2n) is 7.30. The maximum absolute atomic E-state index is 12.5. The number of nitrogens with zero attached hydrogens (tertiary/aromatic N) is 3. The summed E-state index contributed by atoms with van der Waals surface area (Å²) in [5.41, 5.74) is 2.77. The molecule has 7 nitrogen and oxygen atoms in total. The van der Waals surface area contributed by atoms with Crippen LogP contribution in [0.25, 0.3) is 10.9 Å². The molecule has 1 aliphatic rings. The van der Waals surface area contributed by atoms with Crippen molar-refractivity contribution in [3.8, 4) is 0 Å². The zero-order valence-corrected chi connectivity index (χ0v) is 17.9. The number of carbonyl (C=O) groups excluding carboxylic acids is 1. The van der Waals surface area contributed by atoms with Crippen molar-refractivity contribution in [2.45, 2.75) is 31.3 Å². The number of carbonyl (C=O) groups is 1. The number of sulfone groups is 1. The molecule has 1 fully saturated rings. The SMILES string of the molecule is Cc1cc(NC(=O)CSc2cc(C)c3ccccc3n2)n([C@H]2CCS(=O)(=O)C2)n1. The van der Waals surface area contributed by atoms with Gasteiger partial charge in [0.2, 0.25) is 5.91 Å². The summed E-state index contributed by atoms with van der Waals surface area (Å²) in [4.78, 5) is 17.1. The summed E-state index contributed by atoms with van der Waals surface area (Å²) in [5, 5.41) is 9.17. The van der Waals surface area contributed by atoms with Gasteiger partial charge in [-0.15, -0.1) is 0 Å². The number of rotatable bonds is 5. The first-order valence-corrected chi connectivity index (χ1v) is 12.2. The van der Waals surface area contributed by atoms with Gasteiger partial charge in [-0.25, -0.2) is 18.1 Å². The van der Waals surface area contributed by atoms with Crippen molar-refractivity contribution in [1.82, 2.24) is 14.8 Å². The van der Waals surface area contributed by atoms with Crippen LogP contribution in [0.3, 0.4) is 0 Å². The molecule has 0 spiro atoms. The average molecular weight is 431 g/mol. The van der Waals surface area contributed by atoms with Gasteiger partial charge in [-0.3, -0.25) is 4.79 Å². The normalized spacial score (nSPS) is 18.2. The molecule has 0 saturated carbocycles. The Morgan fingerprint density at radius 3 is 2.83 bits per heavy atom. The van der Waals surface area contributed by atoms with E-state index in [4.69, 9.17) is 0 Å². The minimum atomic E-state index is -3.03. The number of thioether (sulfide) groups is 1. The molecule has 152 valence electrons. The number of fused-ring (bicyclic) bond motifs is 1. The van der Waals surface area contributed by atoms with Gasteiger partial charge in [0.1, 0.15) is 5.82 Å². The Morgan fingerprint density at radius 2 is 2.07 bits per heavy atom. The van der Waals surface area contributed by atoms with E-state index < -0.39 is 9.84 Å². The van der Waals surface area contributed by atoms with Crippen LogP contribution < -0.4 is 5.32 Å². The third-order valence-corrected chi connectivity index (χ3v) is 7.59. The number of hydrogen-bond donors (Lipinski definition) is 1. The molecule has 9 heteroatoms. The van der Waals surface area contributed by atoms with Crippen LogP contribution >= 0.6 is 11.8 Å². The Labute approximate surface area is 173 Å². The third-order valence-electron chi connectivity index (χ3n) is 4.93. The molecule has 1 saturated heterocycles. The molecular formula is C20H22N4O3S2. The number of aryl methyl sites for hydroxylation is 2. The molecule has 0 bridgehead atoms. The number of benzene rings is 1. The predicted octanol–water partition coefficient (Wildman–Crippen LogP) is 3.14. The number of para-hydroxylation sites is 1. The number of aromatic nitrogens is 3. The second-order valence-corrected chi connectivity index (χ2v) is 10.5. The molecule has 1 N–H and O–H groups in total. The van der Waals surface area contributed by atoms with E-state index in [-0.39, 0.29) is 29.2 Å². The van der Waals surface area contributed by atoms with Gasteiger partial charge in [-0.05, 0) is 38.0 Å². The fraction of sp³-hybridized carbons (Fsp3) is 0.350. The Bertz CT molecular complexity index is 1190. The molecule has 4 rings (SSSR count). The monoisotopic (exact) mass is 430 g/mol. The predicted molar refractivity (Wildman–Crippen MR) is 115 cm³/mol. The average Bonchev–Trinajstić information content (AvgIpc) is 3.21. The largest absolute Gasteiger partial charge is 0.310 e. The summed E-state index contributed by atoms with van der Waals surface area (Å²) in [6.45, 7) is 3.86. The van der Waals surface area contributed by atoms with Crippen LogP contribution in [0.2, 0.25) is 0 Å². The summed E-state index contributed by atoms with van der Waals surface area (Å²) in [6, 6.07) is 11.4. The fourth-order valence-corrected chi connectivity index (χ4v) is 6.03. The van der Waals surface area contributed by atoms with Crippen molar-refractivity contribution in [1.29, 1.82) is 0 Å². The lowest BCUT2D eigenvalue weighted by Crippen LogP contribution is -2.20. The number of amides is 1. The highest BCUT2D eigenvalue weighted by molar-refractivity contribution is 7.99. The molecule has 0 radical (unpaired) electrons. The summed E-state index contributed by atoms with van der Waals surface area (Å²) in [5.74, 6) is 0.791. The van der Waals surface area contributed by atoms with Gasteiger partial charge in [0.15, 0.2) is 9.84 Å². The molecule has 1 aromatic carbocycles. The molecule has 1 atom stereocenters. The summed E-state index contributed by atoms with van der Waals surface area (Å²) in [6.07, 6.45) is 0.515. The first-order valence-electron chi connectivity index (χ1n) is 9.36. The standard InChI is InChI=1S/C20H22N4O3S2/c1-13-9-20(21-17-6-4-3-5-16(13)17)28-11-19(25)22-18-10-14(2)23-24(18)15-7-8-29(26,27)12-15/h3-6,9-10,15H,7-8,11-12H2,1-2H3,(H,22,25)/t15-/m0/s1. The summed E-state index contributed by atoms with van der Waals surface area (Å²) in [7, 11) is -3.03. The smallest absolute Gasteiger partial charge is 0.235 e. The van der Waals surface area contributed by atoms with E-state index in [0.29, 0.717) is 12.2 Å². The van der Waals surface area contributed by atoms with Gasteiger partial charge in [-0.2, -0.15) is 5.10 Å². The summed E-state index contributed by atoms with van der Waals surface area (Å²) >= 11 is 1.37. The Hall–Kier alpha value is -2.39. The Balaban J connectivity index is 1.44. The van der Waals surface area contributed by atoms with E-state index in [1.165, 1.54) is 11.8 Å². The van der Waals surface area contributed by atoms with E-state index in [1.807, 2.05) is 44.2 Å². The molecule has 1 amide bonds. The van der Waals surface area contributed by atoms with Gasteiger partial charge in [-0.1, -0.05) is 30.0 Å². The molecule has 2 aromatic heterocycles. The van der Waals surface area contributed by atoms with E-state index >= 15 is 0 Å². The lowest BCUT2D eigenvalue weighted by molar-refractivity contribution is -0.113. The van der Waals surface area contributed by atoms with E-state index in [9.17, 15) is 13.2 Å². The third kappa shape index (κ3) is 4.45. The molecule has 0 aliphatic carbocycles. The van der Waals surface area contributed by atoms with Crippen molar-refractivity contribution in [3.05, 3.63) is 47.7 Å². The number of anilines is 1. The maximum atomic E-state index is 12.5.